The summed E-state index contributed by atoms with van der Waals surface area (Å²) < 4.78 is 9.79. The number of rotatable bonds is 11. The minimum absolute atomic E-state index is 0.971. The van der Waals surface area contributed by atoms with Gasteiger partial charge in [-0.3, -0.25) is 0 Å². The van der Waals surface area contributed by atoms with Crippen molar-refractivity contribution < 1.29 is 9.13 Å². The number of hydrogen-bond donors (Lipinski definition) is 0. The Kier molecular flexibility index (Phi) is 9.96. The van der Waals surface area contributed by atoms with E-state index >= 15 is 0 Å². The molecule has 0 bridgehead atoms. The molecular formula is C48H54N6S2+2. The number of hydrogen-bond acceptors (Lipinski definition) is 4. The number of para-hydroxylation sites is 4. The highest BCUT2D eigenvalue weighted by atomic mass is 33.1. The van der Waals surface area contributed by atoms with Gasteiger partial charge in [0.25, 0.3) is 11.6 Å². The summed E-state index contributed by atoms with van der Waals surface area (Å²) in [5.74, 6) is 4.61. The summed E-state index contributed by atoms with van der Waals surface area (Å²) in [7, 11) is 8.44. The molecule has 2 aromatic heterocycles. The molecule has 0 amide bonds. The Balaban J connectivity index is 0.837. The normalized spacial score (nSPS) is 16.5. The predicted molar refractivity (Wildman–Crippen MR) is 240 cm³/mol. The lowest BCUT2D eigenvalue weighted by molar-refractivity contribution is -0.647. The minimum atomic E-state index is 0.971. The molecule has 6 aromatic rings. The molecule has 286 valence electrons. The van der Waals surface area contributed by atoms with Gasteiger partial charge in [-0.15, -0.1) is 0 Å². The van der Waals surface area contributed by atoms with E-state index in [2.05, 4.69) is 139 Å². The standard InChI is InChI=1S/C48H54N6S2/c1-49-41-15-3-5-17-43(41)53(45(49)21-19-35-31-37-11-7-23-51-24-8-12-38(32-35)47(37)51)27-29-55-56-30-28-54-44-18-6-4-16-42(44)50(2)46(54)22-20-36-33-39-13-9-25-52-26-10-14-40(34-36)48(39)52/h3-6,15-22,31-34H,7-14,23-30H2,1-2H3/q+2. The average Bonchev–Trinajstić information content (AvgIpc) is 3.66. The van der Waals surface area contributed by atoms with E-state index in [-0.39, 0.29) is 0 Å². The molecule has 4 aromatic carbocycles. The van der Waals surface area contributed by atoms with Crippen molar-refractivity contribution in [2.75, 3.05) is 47.5 Å². The van der Waals surface area contributed by atoms with Crippen LogP contribution in [0.25, 0.3) is 46.4 Å². The third-order valence-electron chi connectivity index (χ3n) is 12.7. The van der Waals surface area contributed by atoms with Crippen LogP contribution in [0.2, 0.25) is 0 Å². The van der Waals surface area contributed by atoms with E-state index in [1.54, 1.807) is 33.6 Å². The second-order valence-corrected chi connectivity index (χ2v) is 18.9. The minimum Gasteiger partial charge on any atom is -0.371 e. The van der Waals surface area contributed by atoms with Gasteiger partial charge in [-0.2, -0.15) is 0 Å². The second-order valence-electron chi connectivity index (χ2n) is 16.2. The summed E-state index contributed by atoms with van der Waals surface area (Å²) in [5.41, 5.74) is 17.1. The Morgan fingerprint density at radius 2 is 0.893 bits per heavy atom. The van der Waals surface area contributed by atoms with Crippen molar-refractivity contribution in [3.63, 3.8) is 0 Å². The van der Waals surface area contributed by atoms with E-state index in [4.69, 9.17) is 0 Å². The van der Waals surface area contributed by atoms with Gasteiger partial charge in [0.2, 0.25) is 0 Å². The van der Waals surface area contributed by atoms with Crippen LogP contribution in [-0.4, -0.2) is 46.8 Å². The molecule has 0 radical (unpaired) electrons. The summed E-state index contributed by atoms with van der Waals surface area (Å²) in [6.07, 6.45) is 19.3. The van der Waals surface area contributed by atoms with Gasteiger partial charge in [0.15, 0.2) is 22.1 Å². The predicted octanol–water partition coefficient (Wildman–Crippen LogP) is 9.07. The molecule has 0 spiro atoms. The summed E-state index contributed by atoms with van der Waals surface area (Å²) >= 11 is 0. The van der Waals surface area contributed by atoms with Gasteiger partial charge >= 0.3 is 0 Å². The van der Waals surface area contributed by atoms with Gasteiger partial charge in [0.1, 0.15) is 13.1 Å². The quantitative estimate of drug-likeness (QED) is 0.0745. The molecular weight excluding hydrogens is 725 g/mol. The highest BCUT2D eigenvalue weighted by Crippen LogP contribution is 2.38. The largest absolute Gasteiger partial charge is 0.371 e. The Labute approximate surface area is 339 Å². The smallest absolute Gasteiger partial charge is 0.282 e. The van der Waals surface area contributed by atoms with Crippen molar-refractivity contribution in [3.05, 3.63) is 118 Å². The molecule has 6 heterocycles. The summed E-state index contributed by atoms with van der Waals surface area (Å²) in [6.45, 7) is 6.82. The maximum absolute atomic E-state index is 2.63. The number of anilines is 2. The van der Waals surface area contributed by atoms with Crippen LogP contribution in [0.1, 0.15) is 70.7 Å². The lowest BCUT2D eigenvalue weighted by Crippen LogP contribution is -2.34. The van der Waals surface area contributed by atoms with E-state index in [0.717, 1.165) is 24.6 Å². The first kappa shape index (κ1) is 36.0. The van der Waals surface area contributed by atoms with Gasteiger partial charge in [-0.05, 0) is 145 Å². The van der Waals surface area contributed by atoms with Crippen LogP contribution < -0.4 is 18.9 Å². The highest BCUT2D eigenvalue weighted by Gasteiger charge is 2.27. The molecule has 4 aliphatic heterocycles. The van der Waals surface area contributed by atoms with Crippen molar-refractivity contribution in [3.8, 4) is 0 Å². The second kappa shape index (κ2) is 15.5. The first-order valence-electron chi connectivity index (χ1n) is 21.0. The number of fused-ring (bicyclic) bond motifs is 2. The molecule has 6 nitrogen and oxygen atoms in total. The topological polar surface area (TPSA) is 24.1 Å². The zero-order valence-electron chi connectivity index (χ0n) is 33.1. The summed E-state index contributed by atoms with van der Waals surface area (Å²) in [4.78, 5) is 5.27. The van der Waals surface area contributed by atoms with Crippen molar-refractivity contribution in [1.29, 1.82) is 0 Å². The Morgan fingerprint density at radius 3 is 1.29 bits per heavy atom. The molecule has 0 N–H and O–H groups in total. The fourth-order valence-corrected chi connectivity index (χ4v) is 12.2. The molecule has 0 unspecified atom stereocenters. The van der Waals surface area contributed by atoms with Gasteiger partial charge < -0.3 is 9.80 Å². The van der Waals surface area contributed by atoms with Crippen LogP contribution in [0.15, 0.2) is 72.8 Å². The number of aromatic nitrogens is 4. The molecule has 10 rings (SSSR count). The fraction of sp³-hybridized carbons (Fsp3) is 0.375. The Bertz CT molecular complexity index is 2270. The molecule has 8 heteroatoms. The fourth-order valence-electron chi connectivity index (χ4n) is 10.3. The van der Waals surface area contributed by atoms with Gasteiger partial charge in [0, 0.05) is 61.2 Å². The van der Waals surface area contributed by atoms with Gasteiger partial charge in [0.05, 0.1) is 14.1 Å². The number of imidazole rings is 2. The molecule has 0 aliphatic carbocycles. The first-order chi connectivity index (χ1) is 27.6. The van der Waals surface area contributed by atoms with Crippen LogP contribution in [0.5, 0.6) is 0 Å². The lowest BCUT2D eigenvalue weighted by Gasteiger charge is -2.37. The molecule has 0 fully saturated rings. The van der Waals surface area contributed by atoms with Crippen molar-refractivity contribution >= 4 is 79.3 Å². The maximum Gasteiger partial charge on any atom is 0.282 e. The van der Waals surface area contributed by atoms with Crippen LogP contribution >= 0.6 is 21.6 Å². The molecule has 0 saturated heterocycles. The molecule has 0 saturated carbocycles. The van der Waals surface area contributed by atoms with E-state index in [9.17, 15) is 0 Å². The highest BCUT2D eigenvalue weighted by molar-refractivity contribution is 8.76. The van der Waals surface area contributed by atoms with Crippen LogP contribution in [-0.2, 0) is 52.9 Å². The summed E-state index contributed by atoms with van der Waals surface area (Å²) in [6, 6.07) is 27.6. The van der Waals surface area contributed by atoms with Crippen molar-refractivity contribution in [2.24, 2.45) is 14.1 Å². The van der Waals surface area contributed by atoms with Crippen LogP contribution in [0.3, 0.4) is 0 Å². The van der Waals surface area contributed by atoms with Crippen molar-refractivity contribution in [2.45, 2.75) is 64.5 Å². The third-order valence-corrected chi connectivity index (χ3v) is 15.1. The van der Waals surface area contributed by atoms with E-state index in [1.807, 2.05) is 21.6 Å². The average molecular weight is 779 g/mol. The Morgan fingerprint density at radius 1 is 0.518 bits per heavy atom. The van der Waals surface area contributed by atoms with E-state index in [1.165, 1.54) is 122 Å². The van der Waals surface area contributed by atoms with Gasteiger partial charge in [-0.1, -0.05) is 45.9 Å². The maximum atomic E-state index is 2.63. The molecule has 0 atom stereocenters. The monoisotopic (exact) mass is 778 g/mol. The van der Waals surface area contributed by atoms with Crippen molar-refractivity contribution in [1.82, 2.24) is 9.13 Å². The molecule has 4 aliphatic rings. The zero-order chi connectivity index (χ0) is 37.6. The third kappa shape index (κ3) is 6.66. The Hall–Kier alpha value is -4.40. The summed E-state index contributed by atoms with van der Waals surface area (Å²) in [5, 5.41) is 0. The molecule has 56 heavy (non-hydrogen) atoms. The number of aryl methyl sites for hydroxylation is 8. The van der Waals surface area contributed by atoms with E-state index < -0.39 is 0 Å². The number of nitrogens with zero attached hydrogens (tertiary/aromatic N) is 6. The number of benzene rings is 4. The SMILES string of the molecule is C[n+]1c(/C=C/c2cc3c4c(c2)CCCN4CCC3)n(CCSSCCn2c(/C=C/c3cc4c5c(c3)CCCN5CCC4)[n+](C)c3ccccc32)c2ccccc21. The first-order valence-corrected chi connectivity index (χ1v) is 23.5. The van der Waals surface area contributed by atoms with Gasteiger partial charge in [-0.25, -0.2) is 18.3 Å². The zero-order valence-corrected chi connectivity index (χ0v) is 34.7. The lowest BCUT2D eigenvalue weighted by atomic mass is 9.90. The van der Waals surface area contributed by atoms with Crippen LogP contribution in [0, 0.1) is 0 Å². The van der Waals surface area contributed by atoms with Crippen LogP contribution in [0.4, 0.5) is 11.4 Å². The van der Waals surface area contributed by atoms with E-state index in [0.29, 0.717) is 0 Å².